The summed E-state index contributed by atoms with van der Waals surface area (Å²) in [4.78, 5) is 16.9. The van der Waals surface area contributed by atoms with Gasteiger partial charge in [0, 0.05) is 41.9 Å². The first kappa shape index (κ1) is 21.3. The zero-order valence-corrected chi connectivity index (χ0v) is 20.0. The van der Waals surface area contributed by atoms with Crippen molar-refractivity contribution < 1.29 is 4.74 Å². The minimum atomic E-state index is 0.448. The second kappa shape index (κ2) is 8.60. The first-order valence-electron chi connectivity index (χ1n) is 12.7. The molecule has 180 valence electrons. The number of hydrogen-bond acceptors (Lipinski definition) is 6. The number of pyridine rings is 1. The lowest BCUT2D eigenvalue weighted by molar-refractivity contribution is 0.107. The summed E-state index contributed by atoms with van der Waals surface area (Å²) >= 11 is 0. The molecule has 0 radical (unpaired) electrons. The van der Waals surface area contributed by atoms with Gasteiger partial charge in [-0.1, -0.05) is 30.3 Å². The fourth-order valence-corrected chi connectivity index (χ4v) is 5.51. The molecule has 7 heteroatoms. The fourth-order valence-electron chi connectivity index (χ4n) is 5.51. The highest BCUT2D eigenvalue weighted by Crippen LogP contribution is 2.44. The van der Waals surface area contributed by atoms with Crippen molar-refractivity contribution >= 4 is 22.2 Å². The first-order valence-corrected chi connectivity index (χ1v) is 12.7. The summed E-state index contributed by atoms with van der Waals surface area (Å²) in [5, 5.41) is 1.04. The minimum absolute atomic E-state index is 0.448. The monoisotopic (exact) mass is 476 g/mol. The molecule has 7 nitrogen and oxygen atoms in total. The molecule has 36 heavy (non-hydrogen) atoms. The van der Waals surface area contributed by atoms with Crippen molar-refractivity contribution in [1.82, 2.24) is 24.3 Å². The Labute approximate surface area is 209 Å². The first-order chi connectivity index (χ1) is 17.7. The van der Waals surface area contributed by atoms with E-state index in [1.54, 1.807) is 6.20 Å². The number of aromatic nitrogens is 4. The number of nitrogens with zero attached hydrogens (tertiary/aromatic N) is 5. The topological polar surface area (TPSA) is 81.6 Å². The molecular formula is C29H28N6O. The molecule has 2 N–H and O–H groups in total. The van der Waals surface area contributed by atoms with Gasteiger partial charge in [-0.25, -0.2) is 15.0 Å². The van der Waals surface area contributed by atoms with Crippen LogP contribution in [0.1, 0.15) is 31.0 Å². The van der Waals surface area contributed by atoms with E-state index >= 15 is 0 Å². The maximum Gasteiger partial charge on any atom is 0.219 e. The molecule has 0 atom stereocenters. The van der Waals surface area contributed by atoms with E-state index in [4.69, 9.17) is 20.4 Å². The molecule has 0 amide bonds. The van der Waals surface area contributed by atoms with Crippen LogP contribution in [0, 0.1) is 5.92 Å². The Balaban J connectivity index is 1.23. The number of fused-ring (bicyclic) bond motifs is 2. The summed E-state index contributed by atoms with van der Waals surface area (Å²) in [7, 11) is 0. The third-order valence-electron chi connectivity index (χ3n) is 7.58. The number of para-hydroxylation sites is 1. The molecule has 1 saturated carbocycles. The molecule has 2 aliphatic rings. The number of nitrogens with two attached hydrogens (primary N) is 1. The number of ether oxygens (including phenoxy) is 1. The standard InChI is InChI=1S/C29H28N6O/c30-28-27-26(33-29(35(27)14-11-31-28)22-15-19(16-22)18-34-12-4-13-34)21-8-7-20-9-10-25(32-24(20)17-21)36-23-5-2-1-3-6-23/h1-3,5-11,14,17,19,22H,4,12-13,15-16,18H2,(H2,30,31). The molecule has 0 unspecified atom stereocenters. The summed E-state index contributed by atoms with van der Waals surface area (Å²) in [5.41, 5.74) is 9.96. The van der Waals surface area contributed by atoms with E-state index in [-0.39, 0.29) is 0 Å². The highest BCUT2D eigenvalue weighted by molar-refractivity contribution is 5.90. The lowest BCUT2D eigenvalue weighted by atomic mass is 9.74. The Morgan fingerprint density at radius 3 is 2.61 bits per heavy atom. The molecule has 5 aromatic rings. The van der Waals surface area contributed by atoms with E-state index in [2.05, 4.69) is 32.5 Å². The lowest BCUT2D eigenvalue weighted by Crippen LogP contribution is -2.43. The predicted molar refractivity (Wildman–Crippen MR) is 141 cm³/mol. The summed E-state index contributed by atoms with van der Waals surface area (Å²) < 4.78 is 8.11. The predicted octanol–water partition coefficient (Wildman–Crippen LogP) is 5.52. The molecular weight excluding hydrogens is 448 g/mol. The maximum absolute atomic E-state index is 6.39. The van der Waals surface area contributed by atoms with Gasteiger partial charge < -0.3 is 15.4 Å². The van der Waals surface area contributed by atoms with Crippen molar-refractivity contribution in [2.24, 2.45) is 5.92 Å². The Kier molecular flexibility index (Phi) is 5.10. The van der Waals surface area contributed by atoms with Gasteiger partial charge in [0.15, 0.2) is 0 Å². The summed E-state index contributed by atoms with van der Waals surface area (Å²) in [6, 6.07) is 19.9. The SMILES string of the molecule is Nc1nccn2c(C3CC(CN4CCC4)C3)nc(-c3ccc4ccc(Oc5ccccc5)nc4c3)c12. The van der Waals surface area contributed by atoms with Crippen LogP contribution in [0.5, 0.6) is 11.6 Å². The van der Waals surface area contributed by atoms with E-state index < -0.39 is 0 Å². The number of rotatable bonds is 6. The number of hydrogen-bond donors (Lipinski definition) is 1. The Morgan fingerprint density at radius 2 is 1.81 bits per heavy atom. The van der Waals surface area contributed by atoms with Gasteiger partial charge in [0.05, 0.1) is 5.52 Å². The van der Waals surface area contributed by atoms with Gasteiger partial charge in [-0.2, -0.15) is 0 Å². The number of imidazole rings is 1. The van der Waals surface area contributed by atoms with Gasteiger partial charge in [0.1, 0.15) is 28.6 Å². The zero-order chi connectivity index (χ0) is 24.1. The molecule has 0 spiro atoms. The van der Waals surface area contributed by atoms with Gasteiger partial charge in [0.25, 0.3) is 0 Å². The van der Waals surface area contributed by atoms with Gasteiger partial charge in [-0.05, 0) is 62.5 Å². The largest absolute Gasteiger partial charge is 0.439 e. The number of benzene rings is 2. The highest BCUT2D eigenvalue weighted by Gasteiger charge is 2.36. The summed E-state index contributed by atoms with van der Waals surface area (Å²) in [6.45, 7) is 3.74. The van der Waals surface area contributed by atoms with Gasteiger partial charge >= 0.3 is 0 Å². The van der Waals surface area contributed by atoms with Crippen LogP contribution in [-0.2, 0) is 0 Å². The average molecular weight is 477 g/mol. The zero-order valence-electron chi connectivity index (χ0n) is 20.0. The van der Waals surface area contributed by atoms with Gasteiger partial charge in [-0.3, -0.25) is 4.40 Å². The summed E-state index contributed by atoms with van der Waals surface area (Å²) in [5.74, 6) is 4.12. The third-order valence-corrected chi connectivity index (χ3v) is 7.58. The van der Waals surface area contributed by atoms with Crippen molar-refractivity contribution in [3.05, 3.63) is 78.9 Å². The van der Waals surface area contributed by atoms with Crippen LogP contribution < -0.4 is 10.5 Å². The van der Waals surface area contributed by atoms with Gasteiger partial charge in [-0.15, -0.1) is 0 Å². The molecule has 2 aromatic carbocycles. The maximum atomic E-state index is 6.39. The Bertz CT molecular complexity index is 1550. The molecule has 0 bridgehead atoms. The highest BCUT2D eigenvalue weighted by atomic mass is 16.5. The molecule has 2 fully saturated rings. The van der Waals surface area contributed by atoms with Crippen molar-refractivity contribution in [1.29, 1.82) is 0 Å². The normalized spacial score (nSPS) is 19.8. The quantitative estimate of drug-likeness (QED) is 0.348. The Morgan fingerprint density at radius 1 is 0.972 bits per heavy atom. The van der Waals surface area contributed by atoms with Crippen LogP contribution in [0.3, 0.4) is 0 Å². The van der Waals surface area contributed by atoms with Crippen molar-refractivity contribution in [3.63, 3.8) is 0 Å². The van der Waals surface area contributed by atoms with Crippen LogP contribution >= 0.6 is 0 Å². The number of likely N-dealkylation sites (tertiary alicyclic amines) is 1. The van der Waals surface area contributed by atoms with Crippen LogP contribution in [0.15, 0.2) is 73.1 Å². The number of anilines is 1. The molecule has 7 rings (SSSR count). The third kappa shape index (κ3) is 3.76. The van der Waals surface area contributed by atoms with Crippen molar-refractivity contribution in [2.75, 3.05) is 25.4 Å². The molecule has 1 aliphatic carbocycles. The molecule has 3 aromatic heterocycles. The smallest absolute Gasteiger partial charge is 0.219 e. The van der Waals surface area contributed by atoms with Crippen LogP contribution in [0.2, 0.25) is 0 Å². The average Bonchev–Trinajstić information content (AvgIpc) is 3.23. The van der Waals surface area contributed by atoms with Crippen molar-refractivity contribution in [3.8, 4) is 22.9 Å². The Hall–Kier alpha value is -3.97. The van der Waals surface area contributed by atoms with E-state index in [0.29, 0.717) is 17.6 Å². The molecule has 1 aliphatic heterocycles. The number of nitrogen functional groups attached to an aromatic ring is 1. The summed E-state index contributed by atoms with van der Waals surface area (Å²) in [6.07, 6.45) is 7.46. The molecule has 4 heterocycles. The van der Waals surface area contributed by atoms with Crippen molar-refractivity contribution in [2.45, 2.75) is 25.2 Å². The van der Waals surface area contributed by atoms with E-state index in [0.717, 1.165) is 45.2 Å². The fraction of sp³-hybridized carbons (Fsp3) is 0.276. The van der Waals surface area contributed by atoms with E-state index in [1.165, 1.54) is 38.9 Å². The molecule has 1 saturated heterocycles. The minimum Gasteiger partial charge on any atom is -0.439 e. The van der Waals surface area contributed by atoms with Crippen LogP contribution in [0.4, 0.5) is 5.82 Å². The second-order valence-electron chi connectivity index (χ2n) is 10.0. The van der Waals surface area contributed by atoms with Gasteiger partial charge in [0.2, 0.25) is 5.88 Å². The van der Waals surface area contributed by atoms with E-state index in [9.17, 15) is 0 Å². The van der Waals surface area contributed by atoms with E-state index in [1.807, 2.05) is 48.7 Å². The van der Waals surface area contributed by atoms with Crippen LogP contribution in [0.25, 0.3) is 27.7 Å². The lowest BCUT2D eigenvalue weighted by Gasteiger charge is -2.41. The van der Waals surface area contributed by atoms with Crippen LogP contribution in [-0.4, -0.2) is 43.9 Å². The second-order valence-corrected chi connectivity index (χ2v) is 10.0.